The van der Waals surface area contributed by atoms with Crippen molar-refractivity contribution in [2.24, 2.45) is 5.10 Å². The monoisotopic (exact) mass is 422 g/mol. The highest BCUT2D eigenvalue weighted by Crippen LogP contribution is 2.48. The zero-order valence-electron chi connectivity index (χ0n) is 16.8. The molecule has 2 aliphatic rings. The maximum Gasteiger partial charge on any atom is 0.213 e. The van der Waals surface area contributed by atoms with Crippen LogP contribution in [0.25, 0.3) is 0 Å². The molecule has 0 bridgehead atoms. The topological polar surface area (TPSA) is 47.2 Å². The first kappa shape index (κ1) is 19.1. The summed E-state index contributed by atoms with van der Waals surface area (Å²) in [6.07, 6.45) is 4.24. The zero-order valence-corrected chi connectivity index (χ0v) is 17.5. The van der Waals surface area contributed by atoms with E-state index in [0.717, 1.165) is 60.0 Å². The van der Waals surface area contributed by atoms with Crippen LogP contribution in [-0.4, -0.2) is 17.3 Å². The summed E-state index contributed by atoms with van der Waals surface area (Å²) in [4.78, 5) is 0. The van der Waals surface area contributed by atoms with Crippen LogP contribution < -0.4 is 9.47 Å². The molecule has 3 aromatic rings. The first-order valence-corrected chi connectivity index (χ1v) is 10.7. The van der Waals surface area contributed by atoms with Gasteiger partial charge in [0.25, 0.3) is 0 Å². The number of nitrogens with zero attached hydrogens (tertiary/aromatic N) is 2. The van der Waals surface area contributed by atoms with E-state index in [9.17, 15) is 0 Å². The van der Waals surface area contributed by atoms with Crippen LogP contribution >= 0.6 is 11.6 Å². The molecule has 0 N–H and O–H groups in total. The largest absolute Gasteiger partial charge is 0.494 e. The minimum atomic E-state index is -0.333. The van der Waals surface area contributed by atoms with Gasteiger partial charge in [0, 0.05) is 22.6 Å². The fourth-order valence-electron chi connectivity index (χ4n) is 3.93. The summed E-state index contributed by atoms with van der Waals surface area (Å²) in [5.41, 5.74) is 2.97. The van der Waals surface area contributed by atoms with E-state index in [1.54, 1.807) is 6.26 Å². The molecule has 5 nitrogen and oxygen atoms in total. The van der Waals surface area contributed by atoms with Crippen molar-refractivity contribution in [3.63, 3.8) is 0 Å². The van der Waals surface area contributed by atoms with Crippen molar-refractivity contribution in [3.8, 4) is 11.5 Å². The highest BCUT2D eigenvalue weighted by molar-refractivity contribution is 6.30. The molecule has 6 heteroatoms. The van der Waals surface area contributed by atoms with Gasteiger partial charge in [0.2, 0.25) is 6.23 Å². The third-order valence-electron chi connectivity index (χ3n) is 5.49. The van der Waals surface area contributed by atoms with Crippen LogP contribution in [0.2, 0.25) is 5.02 Å². The van der Waals surface area contributed by atoms with Crippen molar-refractivity contribution < 1.29 is 13.9 Å². The Morgan fingerprint density at radius 2 is 2.03 bits per heavy atom. The number of hydrogen-bond acceptors (Lipinski definition) is 5. The van der Waals surface area contributed by atoms with Crippen molar-refractivity contribution in [3.05, 3.63) is 82.8 Å². The van der Waals surface area contributed by atoms with Gasteiger partial charge in [-0.1, -0.05) is 24.9 Å². The van der Waals surface area contributed by atoms with Crippen LogP contribution in [0.15, 0.2) is 70.4 Å². The summed E-state index contributed by atoms with van der Waals surface area (Å²) in [6, 6.07) is 17.7. The van der Waals surface area contributed by atoms with Crippen molar-refractivity contribution in [2.75, 3.05) is 6.61 Å². The minimum absolute atomic E-state index is 0.0398. The number of fused-ring (bicyclic) bond motifs is 3. The quantitative estimate of drug-likeness (QED) is 0.434. The standard InChI is InChI=1S/C24H23ClN2O3/c1-2-3-12-28-18-9-6-16(7-10-18)24-27-21(15-20(26-27)23-5-4-13-29-23)19-14-17(25)8-11-22(19)30-24/h4-11,13-14,21,24H,2-3,12,15H2,1H3/t21-,24+/m0/s1. The molecular formula is C24H23ClN2O3. The normalized spacial score (nSPS) is 19.7. The van der Waals surface area contributed by atoms with E-state index < -0.39 is 0 Å². The minimum Gasteiger partial charge on any atom is -0.494 e. The van der Waals surface area contributed by atoms with E-state index in [1.165, 1.54) is 0 Å². The molecule has 0 aliphatic carbocycles. The average molecular weight is 423 g/mol. The van der Waals surface area contributed by atoms with Crippen LogP contribution in [0.3, 0.4) is 0 Å². The van der Waals surface area contributed by atoms with Crippen molar-refractivity contribution in [2.45, 2.75) is 38.5 Å². The van der Waals surface area contributed by atoms with E-state index in [0.29, 0.717) is 5.02 Å². The summed E-state index contributed by atoms with van der Waals surface area (Å²) < 4.78 is 17.8. The van der Waals surface area contributed by atoms with E-state index in [-0.39, 0.29) is 12.3 Å². The molecule has 0 saturated carbocycles. The Morgan fingerprint density at radius 3 is 2.80 bits per heavy atom. The van der Waals surface area contributed by atoms with Crippen LogP contribution in [0.4, 0.5) is 0 Å². The number of furan rings is 1. The molecule has 0 saturated heterocycles. The SMILES string of the molecule is CCCCOc1ccc([C@H]2Oc3ccc(Cl)cc3[C@@H]3CC(c4ccco4)=NN23)cc1. The summed E-state index contributed by atoms with van der Waals surface area (Å²) in [7, 11) is 0. The molecule has 154 valence electrons. The van der Waals surface area contributed by atoms with Gasteiger partial charge >= 0.3 is 0 Å². The Kier molecular flexibility index (Phi) is 5.13. The van der Waals surface area contributed by atoms with Gasteiger partial charge in [-0.25, -0.2) is 5.01 Å². The second kappa shape index (κ2) is 8.07. The Balaban J connectivity index is 1.47. The number of rotatable bonds is 6. The fraction of sp³-hybridized carbons (Fsp3) is 0.292. The summed E-state index contributed by atoms with van der Waals surface area (Å²) >= 11 is 6.28. The first-order valence-electron chi connectivity index (χ1n) is 10.3. The molecule has 0 radical (unpaired) electrons. The molecule has 1 aromatic heterocycles. The molecule has 0 unspecified atom stereocenters. The Labute approximate surface area is 180 Å². The molecule has 2 aromatic carbocycles. The third kappa shape index (κ3) is 3.54. The molecule has 2 aliphatic heterocycles. The Hall–Kier alpha value is -2.92. The smallest absolute Gasteiger partial charge is 0.213 e. The highest BCUT2D eigenvalue weighted by Gasteiger charge is 2.41. The predicted octanol–water partition coefficient (Wildman–Crippen LogP) is 6.35. The number of hydrogen-bond donors (Lipinski definition) is 0. The van der Waals surface area contributed by atoms with Crippen molar-refractivity contribution >= 4 is 17.3 Å². The van der Waals surface area contributed by atoms with Crippen LogP contribution in [0.5, 0.6) is 11.5 Å². The van der Waals surface area contributed by atoms with Gasteiger partial charge in [0.05, 0.1) is 18.9 Å². The summed E-state index contributed by atoms with van der Waals surface area (Å²) in [5, 5.41) is 7.59. The molecule has 0 amide bonds. The second-order valence-corrected chi connectivity index (χ2v) is 7.98. The molecule has 2 atom stereocenters. The van der Waals surface area contributed by atoms with Crippen LogP contribution in [0, 0.1) is 0 Å². The molecule has 3 heterocycles. The fourth-order valence-corrected chi connectivity index (χ4v) is 4.11. The van der Waals surface area contributed by atoms with Crippen LogP contribution in [0.1, 0.15) is 55.3 Å². The Morgan fingerprint density at radius 1 is 1.17 bits per heavy atom. The molecule has 0 fully saturated rings. The lowest BCUT2D eigenvalue weighted by atomic mass is 9.97. The van der Waals surface area contributed by atoms with Gasteiger partial charge < -0.3 is 13.9 Å². The maximum atomic E-state index is 6.38. The van der Waals surface area contributed by atoms with Gasteiger partial charge in [-0.05, 0) is 61.0 Å². The predicted molar refractivity (Wildman–Crippen MR) is 116 cm³/mol. The third-order valence-corrected chi connectivity index (χ3v) is 5.72. The average Bonchev–Trinajstić information content (AvgIpc) is 3.44. The van der Waals surface area contributed by atoms with E-state index in [4.69, 9.17) is 30.6 Å². The molecule has 30 heavy (non-hydrogen) atoms. The van der Waals surface area contributed by atoms with Gasteiger partial charge in [0.1, 0.15) is 23.0 Å². The van der Waals surface area contributed by atoms with Gasteiger partial charge in [-0.2, -0.15) is 5.10 Å². The lowest BCUT2D eigenvalue weighted by molar-refractivity contribution is -0.0190. The molecule has 0 spiro atoms. The number of benzene rings is 2. The van der Waals surface area contributed by atoms with Crippen molar-refractivity contribution in [1.82, 2.24) is 5.01 Å². The number of unbranched alkanes of at least 4 members (excludes halogenated alkanes) is 1. The zero-order chi connectivity index (χ0) is 20.5. The van der Waals surface area contributed by atoms with E-state index >= 15 is 0 Å². The second-order valence-electron chi connectivity index (χ2n) is 7.55. The highest BCUT2D eigenvalue weighted by atomic mass is 35.5. The number of ether oxygens (including phenoxy) is 2. The molecule has 5 rings (SSSR count). The van der Waals surface area contributed by atoms with Gasteiger partial charge in [0.15, 0.2) is 0 Å². The lowest BCUT2D eigenvalue weighted by Crippen LogP contribution is -2.33. The Bertz CT molecular complexity index is 1050. The summed E-state index contributed by atoms with van der Waals surface area (Å²) in [5.74, 6) is 2.49. The first-order chi connectivity index (χ1) is 14.7. The van der Waals surface area contributed by atoms with E-state index in [2.05, 4.69) is 6.92 Å². The maximum absolute atomic E-state index is 6.38. The van der Waals surface area contributed by atoms with Gasteiger partial charge in [-0.3, -0.25) is 0 Å². The van der Waals surface area contributed by atoms with E-state index in [1.807, 2.05) is 59.6 Å². The molecular weight excluding hydrogens is 400 g/mol. The van der Waals surface area contributed by atoms with Gasteiger partial charge in [-0.15, -0.1) is 0 Å². The lowest BCUT2D eigenvalue weighted by Gasteiger charge is -2.38. The van der Waals surface area contributed by atoms with Crippen molar-refractivity contribution in [1.29, 1.82) is 0 Å². The number of halogens is 1. The van der Waals surface area contributed by atoms with Crippen LogP contribution in [-0.2, 0) is 0 Å². The number of hydrazone groups is 1. The summed E-state index contributed by atoms with van der Waals surface area (Å²) in [6.45, 7) is 2.89.